The van der Waals surface area contributed by atoms with E-state index in [1.165, 1.54) is 0 Å². The van der Waals surface area contributed by atoms with E-state index in [-0.39, 0.29) is 0 Å². The first-order valence-corrected chi connectivity index (χ1v) is 10.4. The van der Waals surface area contributed by atoms with Crippen LogP contribution < -0.4 is 10.1 Å². The molecule has 3 rings (SSSR count). The van der Waals surface area contributed by atoms with Crippen LogP contribution in [0.5, 0.6) is 5.75 Å². The quantitative estimate of drug-likeness (QED) is 0.715. The van der Waals surface area contributed by atoms with E-state index >= 15 is 0 Å². The predicted molar refractivity (Wildman–Crippen MR) is 118 cm³/mol. The van der Waals surface area contributed by atoms with E-state index in [0.717, 1.165) is 5.56 Å². The summed E-state index contributed by atoms with van der Waals surface area (Å²) in [5, 5.41) is 23.8. The molecule has 6 heteroatoms. The zero-order valence-electron chi connectivity index (χ0n) is 18.7. The predicted octanol–water partition coefficient (Wildman–Crippen LogP) is 3.67. The molecule has 1 unspecified atom stereocenters. The highest BCUT2D eigenvalue weighted by atomic mass is 16.6. The topological polar surface area (TPSA) is 91.6 Å². The van der Waals surface area contributed by atoms with E-state index in [0.29, 0.717) is 23.3 Å². The molecule has 2 aromatic carbocycles. The number of ether oxygens (including phenoxy) is 2. The second kappa shape index (κ2) is 8.70. The Morgan fingerprint density at radius 2 is 1.94 bits per heavy atom. The van der Waals surface area contributed by atoms with Crippen molar-refractivity contribution < 1.29 is 19.4 Å². The number of benzene rings is 2. The van der Waals surface area contributed by atoms with Gasteiger partial charge in [0.25, 0.3) is 0 Å². The first kappa shape index (κ1) is 22.8. The third-order valence-electron chi connectivity index (χ3n) is 5.23. The molecule has 2 N–H and O–H groups in total. The summed E-state index contributed by atoms with van der Waals surface area (Å²) in [6, 6.07) is 15.6. The van der Waals surface area contributed by atoms with Crippen LogP contribution in [-0.2, 0) is 16.0 Å². The monoisotopic (exact) mass is 422 g/mol. The van der Waals surface area contributed by atoms with Crippen molar-refractivity contribution in [3.8, 4) is 11.8 Å². The third-order valence-corrected chi connectivity index (χ3v) is 5.23. The van der Waals surface area contributed by atoms with Crippen LogP contribution in [0.3, 0.4) is 0 Å². The number of aliphatic hydroxyl groups excluding tert-OH is 1. The molecule has 2 aromatic rings. The van der Waals surface area contributed by atoms with Crippen LogP contribution in [0.4, 0.5) is 0 Å². The highest BCUT2D eigenvalue weighted by Gasteiger charge is 2.44. The van der Waals surface area contributed by atoms with Gasteiger partial charge in [-0.3, -0.25) is 10.1 Å². The lowest BCUT2D eigenvalue weighted by Gasteiger charge is -2.43. The van der Waals surface area contributed by atoms with Gasteiger partial charge in [-0.15, -0.1) is 0 Å². The zero-order valence-corrected chi connectivity index (χ0v) is 18.7. The van der Waals surface area contributed by atoms with Crippen LogP contribution in [0, 0.1) is 11.3 Å². The molecule has 0 bridgehead atoms. The van der Waals surface area contributed by atoms with Gasteiger partial charge in [-0.2, -0.15) is 5.26 Å². The van der Waals surface area contributed by atoms with Gasteiger partial charge < -0.3 is 14.6 Å². The van der Waals surface area contributed by atoms with Gasteiger partial charge in [0.2, 0.25) is 0 Å². The van der Waals surface area contributed by atoms with Crippen molar-refractivity contribution in [2.75, 3.05) is 0 Å². The molecule has 1 aliphatic heterocycles. The molecule has 6 nitrogen and oxygen atoms in total. The fraction of sp³-hybridized carbons (Fsp3) is 0.440. The summed E-state index contributed by atoms with van der Waals surface area (Å²) in [4.78, 5) is 13.1. The number of hydrogen-bond donors (Lipinski definition) is 2. The van der Waals surface area contributed by atoms with Crippen LogP contribution in [0.2, 0.25) is 0 Å². The minimum absolute atomic E-state index is 0.396. The van der Waals surface area contributed by atoms with Crippen LogP contribution in [0.25, 0.3) is 0 Å². The molecule has 0 saturated heterocycles. The SMILES string of the molecule is CC(C)(C)OC(=O)C(Cc1ccccc1)N[C@@H]1c2cc(C#N)ccc2OC(C)(C)[C@H]1O. The molecular formula is C25H30N2O4. The van der Waals surface area contributed by atoms with E-state index in [4.69, 9.17) is 9.47 Å². The molecule has 0 aliphatic carbocycles. The van der Waals surface area contributed by atoms with Gasteiger partial charge in [0.15, 0.2) is 0 Å². The fourth-order valence-electron chi connectivity index (χ4n) is 3.70. The number of fused-ring (bicyclic) bond motifs is 1. The summed E-state index contributed by atoms with van der Waals surface area (Å²) in [7, 11) is 0. The van der Waals surface area contributed by atoms with Gasteiger partial charge in [0, 0.05) is 5.56 Å². The second-order valence-corrected chi connectivity index (χ2v) is 9.43. The molecule has 3 atom stereocenters. The van der Waals surface area contributed by atoms with E-state index in [1.54, 1.807) is 32.0 Å². The smallest absolute Gasteiger partial charge is 0.324 e. The minimum Gasteiger partial charge on any atom is -0.485 e. The van der Waals surface area contributed by atoms with Gasteiger partial charge in [-0.25, -0.2) is 0 Å². The molecular weight excluding hydrogens is 392 g/mol. The Balaban J connectivity index is 1.98. The van der Waals surface area contributed by atoms with Crippen LogP contribution in [0.15, 0.2) is 48.5 Å². The van der Waals surface area contributed by atoms with Crippen molar-refractivity contribution >= 4 is 5.97 Å². The van der Waals surface area contributed by atoms with E-state index in [1.807, 2.05) is 51.1 Å². The Bertz CT molecular complexity index is 973. The van der Waals surface area contributed by atoms with Crippen molar-refractivity contribution in [2.45, 2.75) is 70.4 Å². The van der Waals surface area contributed by atoms with Crippen molar-refractivity contribution in [2.24, 2.45) is 0 Å². The van der Waals surface area contributed by atoms with Crippen LogP contribution in [0.1, 0.15) is 57.4 Å². The van der Waals surface area contributed by atoms with Crippen molar-refractivity contribution in [3.05, 3.63) is 65.2 Å². The average Bonchev–Trinajstić information content (AvgIpc) is 2.69. The maximum absolute atomic E-state index is 13.1. The summed E-state index contributed by atoms with van der Waals surface area (Å²) in [6.45, 7) is 9.07. The Kier molecular flexibility index (Phi) is 6.40. The number of nitriles is 1. The number of nitrogens with zero attached hydrogens (tertiary/aromatic N) is 1. The lowest BCUT2D eigenvalue weighted by atomic mass is 9.85. The van der Waals surface area contributed by atoms with Crippen LogP contribution in [-0.4, -0.2) is 34.4 Å². The molecule has 1 aliphatic rings. The molecule has 1 heterocycles. The Labute approximate surface area is 183 Å². The first-order valence-electron chi connectivity index (χ1n) is 10.4. The number of nitrogens with one attached hydrogen (secondary N) is 1. The molecule has 0 aromatic heterocycles. The summed E-state index contributed by atoms with van der Waals surface area (Å²) in [5.74, 6) is 0.181. The summed E-state index contributed by atoms with van der Waals surface area (Å²) >= 11 is 0. The van der Waals surface area contributed by atoms with Crippen molar-refractivity contribution in [1.82, 2.24) is 5.32 Å². The minimum atomic E-state index is -0.949. The molecule has 31 heavy (non-hydrogen) atoms. The Morgan fingerprint density at radius 1 is 1.26 bits per heavy atom. The molecule has 0 spiro atoms. The third kappa shape index (κ3) is 5.43. The van der Waals surface area contributed by atoms with E-state index in [2.05, 4.69) is 11.4 Å². The zero-order chi connectivity index (χ0) is 22.8. The van der Waals surface area contributed by atoms with E-state index in [9.17, 15) is 15.2 Å². The largest absolute Gasteiger partial charge is 0.485 e. The number of aliphatic hydroxyl groups is 1. The van der Waals surface area contributed by atoms with Gasteiger partial charge in [0.1, 0.15) is 29.1 Å². The van der Waals surface area contributed by atoms with Gasteiger partial charge in [-0.05, 0) is 64.8 Å². The Morgan fingerprint density at radius 3 is 2.55 bits per heavy atom. The molecule has 0 saturated carbocycles. The summed E-state index contributed by atoms with van der Waals surface area (Å²) in [5.41, 5.74) is 0.542. The number of carbonyl (C=O) groups is 1. The lowest BCUT2D eigenvalue weighted by Crippen LogP contribution is -2.56. The molecule has 0 radical (unpaired) electrons. The van der Waals surface area contributed by atoms with Gasteiger partial charge >= 0.3 is 5.97 Å². The molecule has 164 valence electrons. The summed E-state index contributed by atoms with van der Waals surface area (Å²) < 4.78 is 11.7. The fourth-order valence-corrected chi connectivity index (χ4v) is 3.70. The standard InChI is InChI=1S/C25H30N2O4/c1-24(2,3)31-23(29)19(14-16-9-7-6-8-10-16)27-21-18-13-17(15-26)11-12-20(18)30-25(4,5)22(21)28/h6-13,19,21-22,27-28H,14H2,1-5H3/t19?,21-,22+/m1/s1. The maximum atomic E-state index is 13.1. The number of esters is 1. The first-order chi connectivity index (χ1) is 14.5. The average molecular weight is 423 g/mol. The molecule has 0 fully saturated rings. The number of rotatable bonds is 5. The Hall–Kier alpha value is -2.88. The number of carbonyl (C=O) groups excluding carboxylic acids is 1. The van der Waals surface area contributed by atoms with Crippen LogP contribution >= 0.6 is 0 Å². The number of hydrogen-bond acceptors (Lipinski definition) is 6. The lowest BCUT2D eigenvalue weighted by molar-refractivity contribution is -0.158. The van der Waals surface area contributed by atoms with Crippen molar-refractivity contribution in [1.29, 1.82) is 5.26 Å². The summed E-state index contributed by atoms with van der Waals surface area (Å²) in [6.07, 6.45) is -0.553. The van der Waals surface area contributed by atoms with Gasteiger partial charge in [0.05, 0.1) is 17.7 Å². The highest BCUT2D eigenvalue weighted by Crippen LogP contribution is 2.40. The van der Waals surface area contributed by atoms with E-state index < -0.39 is 35.4 Å². The van der Waals surface area contributed by atoms with Crippen molar-refractivity contribution in [3.63, 3.8) is 0 Å². The maximum Gasteiger partial charge on any atom is 0.324 e. The highest BCUT2D eigenvalue weighted by molar-refractivity contribution is 5.76. The molecule has 0 amide bonds. The normalized spacial score (nSPS) is 20.7. The van der Waals surface area contributed by atoms with Gasteiger partial charge in [-0.1, -0.05) is 30.3 Å². The second-order valence-electron chi connectivity index (χ2n) is 9.43.